The van der Waals surface area contributed by atoms with Crippen LogP contribution < -0.4 is 4.52 Å². The Balaban J connectivity index is 2.02. The summed E-state index contributed by atoms with van der Waals surface area (Å²) in [4.78, 5) is 0. The summed E-state index contributed by atoms with van der Waals surface area (Å²) in [7, 11) is -3.13. The first-order valence-corrected chi connectivity index (χ1v) is 13.2. The van der Waals surface area contributed by atoms with E-state index in [1.165, 1.54) is 30.4 Å². The van der Waals surface area contributed by atoms with Crippen molar-refractivity contribution in [2.75, 3.05) is 12.8 Å². The molecule has 166 valence electrons. The Morgan fingerprint density at radius 2 is 1.37 bits per heavy atom. The first kappa shape index (κ1) is 24.7. The average molecular weight is 431 g/mol. The molecular formula is C26H39O3P. The lowest BCUT2D eigenvalue weighted by atomic mass is 9.78. The van der Waals surface area contributed by atoms with E-state index in [1.807, 2.05) is 18.2 Å². The van der Waals surface area contributed by atoms with E-state index in [9.17, 15) is 4.57 Å². The van der Waals surface area contributed by atoms with E-state index in [0.717, 1.165) is 25.7 Å². The molecule has 0 aliphatic heterocycles. The Labute approximate surface area is 183 Å². The maximum absolute atomic E-state index is 13.3. The fourth-order valence-corrected chi connectivity index (χ4v) is 5.34. The molecule has 2 aromatic carbocycles. The van der Waals surface area contributed by atoms with Gasteiger partial charge in [-0.15, -0.1) is 0 Å². The lowest BCUT2D eigenvalue weighted by Crippen LogP contribution is -2.18. The van der Waals surface area contributed by atoms with Gasteiger partial charge >= 0.3 is 7.60 Å². The van der Waals surface area contributed by atoms with Crippen LogP contribution in [-0.4, -0.2) is 12.8 Å². The van der Waals surface area contributed by atoms with E-state index in [0.29, 0.717) is 18.5 Å². The van der Waals surface area contributed by atoms with E-state index in [2.05, 4.69) is 64.1 Å². The Hall–Kier alpha value is -1.57. The standard InChI is InChI=1S/C26H39O3P/c1-5-7-9-10-14-21-28-30(27,22-8-6-2)29-25-19-17-24(18-20-25)26(3,4)23-15-12-11-13-16-23/h11-13,15-20H,5-10,14,21-22H2,1-4H3. The van der Waals surface area contributed by atoms with E-state index < -0.39 is 7.60 Å². The van der Waals surface area contributed by atoms with Gasteiger partial charge in [0.05, 0.1) is 12.8 Å². The van der Waals surface area contributed by atoms with Gasteiger partial charge in [0.2, 0.25) is 0 Å². The van der Waals surface area contributed by atoms with Gasteiger partial charge in [0.25, 0.3) is 0 Å². The van der Waals surface area contributed by atoms with Crippen LogP contribution in [0.25, 0.3) is 0 Å². The zero-order valence-corrected chi connectivity index (χ0v) is 20.1. The van der Waals surface area contributed by atoms with Crippen molar-refractivity contribution in [1.29, 1.82) is 0 Å². The molecule has 4 heteroatoms. The predicted octanol–water partition coefficient (Wildman–Crippen LogP) is 8.37. The molecule has 0 amide bonds. The summed E-state index contributed by atoms with van der Waals surface area (Å²) in [6.07, 6.45) is 8.00. The molecule has 0 radical (unpaired) electrons. The molecule has 0 saturated carbocycles. The SMILES string of the molecule is CCCCCCCOP(=O)(CCCC)Oc1ccc(C(C)(C)c2ccccc2)cc1. The lowest BCUT2D eigenvalue weighted by Gasteiger charge is -2.26. The van der Waals surface area contributed by atoms with Crippen LogP contribution in [0, 0.1) is 0 Å². The van der Waals surface area contributed by atoms with E-state index in [1.54, 1.807) is 0 Å². The maximum Gasteiger partial charge on any atom is 0.379 e. The smallest absolute Gasteiger partial charge is 0.379 e. The normalized spacial score (nSPS) is 13.7. The highest BCUT2D eigenvalue weighted by atomic mass is 31.2. The lowest BCUT2D eigenvalue weighted by molar-refractivity contribution is 0.257. The van der Waals surface area contributed by atoms with Crippen molar-refractivity contribution in [2.45, 2.75) is 78.1 Å². The Morgan fingerprint density at radius 1 is 0.767 bits per heavy atom. The van der Waals surface area contributed by atoms with Crippen molar-refractivity contribution in [3.8, 4) is 5.75 Å². The molecule has 0 aliphatic carbocycles. The van der Waals surface area contributed by atoms with E-state index >= 15 is 0 Å². The molecule has 1 unspecified atom stereocenters. The number of unbranched alkanes of at least 4 members (excludes halogenated alkanes) is 5. The molecule has 0 aromatic heterocycles. The second-order valence-corrected chi connectivity index (χ2v) is 10.7. The Kier molecular flexibility index (Phi) is 10.1. The quantitative estimate of drug-likeness (QED) is 0.223. The van der Waals surface area contributed by atoms with Gasteiger partial charge in [0, 0.05) is 5.41 Å². The minimum atomic E-state index is -3.13. The molecule has 30 heavy (non-hydrogen) atoms. The van der Waals surface area contributed by atoms with Crippen LogP contribution in [-0.2, 0) is 14.5 Å². The number of rotatable bonds is 14. The third-order valence-corrected chi connectivity index (χ3v) is 7.57. The first-order chi connectivity index (χ1) is 14.4. The molecule has 0 bridgehead atoms. The van der Waals surface area contributed by atoms with Gasteiger partial charge in [0.1, 0.15) is 5.75 Å². The highest BCUT2D eigenvalue weighted by Gasteiger charge is 2.27. The topological polar surface area (TPSA) is 35.5 Å². The van der Waals surface area contributed by atoms with Crippen molar-refractivity contribution >= 4 is 7.60 Å². The summed E-state index contributed by atoms with van der Waals surface area (Å²) in [5, 5.41) is 0. The zero-order valence-electron chi connectivity index (χ0n) is 19.2. The molecule has 1 atom stereocenters. The summed E-state index contributed by atoms with van der Waals surface area (Å²) >= 11 is 0. The fourth-order valence-electron chi connectivity index (χ4n) is 3.51. The van der Waals surface area contributed by atoms with Crippen molar-refractivity contribution in [1.82, 2.24) is 0 Å². The Morgan fingerprint density at radius 3 is 2.00 bits per heavy atom. The first-order valence-electron chi connectivity index (χ1n) is 11.5. The summed E-state index contributed by atoms with van der Waals surface area (Å²) in [5.74, 6) is 0.619. The largest absolute Gasteiger partial charge is 0.424 e. The molecule has 0 heterocycles. The molecule has 0 fully saturated rings. The molecule has 3 nitrogen and oxygen atoms in total. The van der Waals surface area contributed by atoms with Gasteiger partial charge in [-0.3, -0.25) is 4.52 Å². The van der Waals surface area contributed by atoms with Gasteiger partial charge in [0.15, 0.2) is 0 Å². The van der Waals surface area contributed by atoms with Crippen LogP contribution in [0.3, 0.4) is 0 Å². The maximum atomic E-state index is 13.3. The number of hydrogen-bond donors (Lipinski definition) is 0. The second kappa shape index (κ2) is 12.3. The van der Waals surface area contributed by atoms with Crippen LogP contribution in [0.15, 0.2) is 54.6 Å². The molecule has 0 saturated heterocycles. The highest BCUT2D eigenvalue weighted by molar-refractivity contribution is 7.54. The summed E-state index contributed by atoms with van der Waals surface area (Å²) in [6, 6.07) is 18.4. The molecule has 0 N–H and O–H groups in total. The molecule has 2 aromatic rings. The molecule has 2 rings (SSSR count). The average Bonchev–Trinajstić information content (AvgIpc) is 2.76. The molecule has 0 aliphatic rings. The van der Waals surface area contributed by atoms with Crippen molar-refractivity contribution in [3.05, 3.63) is 65.7 Å². The fraction of sp³-hybridized carbons (Fsp3) is 0.538. The van der Waals surface area contributed by atoms with Gasteiger partial charge in [-0.05, 0) is 36.1 Å². The van der Waals surface area contributed by atoms with E-state index in [-0.39, 0.29) is 5.41 Å². The summed E-state index contributed by atoms with van der Waals surface area (Å²) in [6.45, 7) is 9.23. The summed E-state index contributed by atoms with van der Waals surface area (Å²) < 4.78 is 25.0. The predicted molar refractivity (Wildman–Crippen MR) is 128 cm³/mol. The van der Waals surface area contributed by atoms with Crippen LogP contribution in [0.1, 0.15) is 83.8 Å². The van der Waals surface area contributed by atoms with E-state index in [4.69, 9.17) is 9.05 Å². The molecular weight excluding hydrogens is 391 g/mol. The summed E-state index contributed by atoms with van der Waals surface area (Å²) in [5.41, 5.74) is 2.35. The Bertz CT molecular complexity index is 769. The third-order valence-electron chi connectivity index (χ3n) is 5.64. The van der Waals surface area contributed by atoms with Crippen LogP contribution >= 0.6 is 7.60 Å². The van der Waals surface area contributed by atoms with Gasteiger partial charge in [-0.2, -0.15) is 0 Å². The van der Waals surface area contributed by atoms with Gasteiger partial charge < -0.3 is 4.52 Å². The molecule has 0 spiro atoms. The van der Waals surface area contributed by atoms with Crippen molar-refractivity contribution < 1.29 is 13.6 Å². The van der Waals surface area contributed by atoms with Crippen LogP contribution in [0.4, 0.5) is 0 Å². The number of hydrogen-bond acceptors (Lipinski definition) is 3. The van der Waals surface area contributed by atoms with Gasteiger partial charge in [-0.25, -0.2) is 4.57 Å². The van der Waals surface area contributed by atoms with Crippen molar-refractivity contribution in [3.63, 3.8) is 0 Å². The minimum absolute atomic E-state index is 0.110. The van der Waals surface area contributed by atoms with Crippen LogP contribution in [0.5, 0.6) is 5.75 Å². The number of benzene rings is 2. The second-order valence-electron chi connectivity index (χ2n) is 8.54. The highest BCUT2D eigenvalue weighted by Crippen LogP contribution is 2.49. The zero-order chi connectivity index (χ0) is 21.9. The van der Waals surface area contributed by atoms with Crippen molar-refractivity contribution in [2.24, 2.45) is 0 Å². The van der Waals surface area contributed by atoms with Crippen LogP contribution in [0.2, 0.25) is 0 Å². The van der Waals surface area contributed by atoms with Gasteiger partial charge in [-0.1, -0.05) is 102 Å². The third kappa shape index (κ3) is 7.60. The minimum Gasteiger partial charge on any atom is -0.424 e. The monoisotopic (exact) mass is 430 g/mol.